The monoisotopic (exact) mass is 208 g/mol. The summed E-state index contributed by atoms with van der Waals surface area (Å²) in [5.74, 6) is 0. The van der Waals surface area contributed by atoms with E-state index in [0.717, 1.165) is 0 Å². The summed E-state index contributed by atoms with van der Waals surface area (Å²) >= 11 is 0. The van der Waals surface area contributed by atoms with Crippen LogP contribution in [0.5, 0.6) is 0 Å². The van der Waals surface area contributed by atoms with Crippen molar-refractivity contribution in [2.45, 2.75) is 19.0 Å². The molecule has 0 saturated carbocycles. The summed E-state index contributed by atoms with van der Waals surface area (Å²) in [5, 5.41) is -1.24. The zero-order valence-electron chi connectivity index (χ0n) is 6.28. The molecule has 0 radical (unpaired) electrons. The highest BCUT2D eigenvalue weighted by Gasteiger charge is 2.53. The summed E-state index contributed by atoms with van der Waals surface area (Å²) in [6, 6.07) is 0. The fraction of sp³-hybridized carbons (Fsp3) is 1.00. The molecule has 78 valence electrons. The van der Waals surface area contributed by atoms with Crippen molar-refractivity contribution in [3.8, 4) is 0 Å². The maximum Gasteiger partial charge on any atom is 0.473 e. The molecule has 0 aromatic heterocycles. The first-order valence-corrected chi connectivity index (χ1v) is 3.41. The Kier molecular flexibility index (Phi) is 2.46. The molecule has 0 N–H and O–H groups in total. The molecule has 13 heavy (non-hydrogen) atoms. The molecule has 8 heteroatoms. The summed E-state index contributed by atoms with van der Waals surface area (Å²) in [6.07, 6.45) is -10.0. The van der Waals surface area contributed by atoms with E-state index in [1.54, 1.807) is 0 Å². The molecular weight excluding hydrogens is 202 g/mol. The van der Waals surface area contributed by atoms with Gasteiger partial charge in [-0.2, -0.15) is 26.3 Å². The van der Waals surface area contributed by atoms with E-state index in [2.05, 4.69) is 0 Å². The van der Waals surface area contributed by atoms with Gasteiger partial charge >= 0.3 is 12.6 Å². The van der Waals surface area contributed by atoms with Crippen molar-refractivity contribution in [1.29, 1.82) is 0 Å². The van der Waals surface area contributed by atoms with E-state index in [1.807, 2.05) is 0 Å². The Morgan fingerprint density at radius 3 is 1.23 bits per heavy atom. The van der Waals surface area contributed by atoms with Gasteiger partial charge in [0.1, 0.15) is 0 Å². The average molecular weight is 208 g/mol. The normalized spacial score (nSPS) is 22.6. The summed E-state index contributed by atoms with van der Waals surface area (Å²) in [6.45, 7) is -1.27. The molecule has 1 aliphatic rings. The maximum atomic E-state index is 11.9. The summed E-state index contributed by atoms with van der Waals surface area (Å²) in [4.78, 5) is 0. The molecule has 0 aromatic carbocycles. The largest absolute Gasteiger partial charge is 0.473 e. The summed E-state index contributed by atoms with van der Waals surface area (Å²) in [5.41, 5.74) is 0. The van der Waals surface area contributed by atoms with Crippen LogP contribution in [0.4, 0.5) is 26.3 Å². The number of alkyl halides is 6. The lowest BCUT2D eigenvalue weighted by Gasteiger charge is -2.30. The quantitative estimate of drug-likeness (QED) is 0.443. The molecule has 0 amide bonds. The Bertz CT molecular complexity index is 164. The van der Waals surface area contributed by atoms with E-state index in [0.29, 0.717) is 0 Å². The van der Waals surface area contributed by atoms with Crippen molar-refractivity contribution in [3.63, 3.8) is 0 Å². The fourth-order valence-electron chi connectivity index (χ4n) is 1.14. The van der Waals surface area contributed by atoms with Gasteiger partial charge in [0.05, 0.1) is 0 Å². The first-order chi connectivity index (χ1) is 5.73. The maximum absolute atomic E-state index is 11.9. The minimum absolute atomic E-state index is 0.140. The molecule has 1 heterocycles. The highest BCUT2D eigenvalue weighted by atomic mass is 19.4. The number of rotatable bonds is 0. The number of halogens is 6. The number of nitrogens with zero attached hydrogens (tertiary/aromatic N) is 2. The van der Waals surface area contributed by atoms with Gasteiger partial charge in [-0.05, 0) is 6.42 Å². The van der Waals surface area contributed by atoms with Crippen LogP contribution in [-0.4, -0.2) is 35.7 Å². The number of hydrogen-bond acceptors (Lipinski definition) is 2. The molecule has 2 nitrogen and oxygen atoms in total. The SMILES string of the molecule is FC(F)(F)N1CCCN1C(F)(F)F. The smallest absolute Gasteiger partial charge is 0.154 e. The molecule has 1 rings (SSSR count). The van der Waals surface area contributed by atoms with Crippen molar-refractivity contribution in [2.24, 2.45) is 0 Å². The Hall–Kier alpha value is -0.500. The highest BCUT2D eigenvalue weighted by molar-refractivity contribution is 4.70. The van der Waals surface area contributed by atoms with E-state index < -0.39 is 35.7 Å². The molecule has 1 saturated heterocycles. The van der Waals surface area contributed by atoms with Gasteiger partial charge in [-0.25, -0.2) is 0 Å². The zero-order valence-corrected chi connectivity index (χ0v) is 6.28. The predicted molar refractivity (Wildman–Crippen MR) is 30.1 cm³/mol. The van der Waals surface area contributed by atoms with Crippen molar-refractivity contribution >= 4 is 0 Å². The molecular formula is C5H6F6N2. The molecule has 0 aromatic rings. The number of hydrazine groups is 1. The third-order valence-electron chi connectivity index (χ3n) is 1.62. The zero-order chi connectivity index (χ0) is 10.3. The fourth-order valence-corrected chi connectivity index (χ4v) is 1.14. The Labute approximate surface area is 69.7 Å². The first kappa shape index (κ1) is 10.6. The van der Waals surface area contributed by atoms with Crippen LogP contribution in [0, 0.1) is 0 Å². The second kappa shape index (κ2) is 3.02. The summed E-state index contributed by atoms with van der Waals surface area (Å²) in [7, 11) is 0. The Balaban J connectivity index is 2.76. The molecule has 0 spiro atoms. The van der Waals surface area contributed by atoms with Crippen LogP contribution < -0.4 is 0 Å². The third kappa shape index (κ3) is 2.25. The van der Waals surface area contributed by atoms with Gasteiger partial charge in [-0.1, -0.05) is 0 Å². The first-order valence-electron chi connectivity index (χ1n) is 3.41. The standard InChI is InChI=1S/C5H6F6N2/c6-4(7,8)12-2-1-3-13(12)5(9,10)11/h1-3H2. The Morgan fingerprint density at radius 1 is 0.692 bits per heavy atom. The molecule has 1 aliphatic heterocycles. The highest BCUT2D eigenvalue weighted by Crippen LogP contribution is 2.34. The van der Waals surface area contributed by atoms with Crippen LogP contribution in [0.25, 0.3) is 0 Å². The lowest BCUT2D eigenvalue weighted by molar-refractivity contribution is -0.383. The van der Waals surface area contributed by atoms with Crippen LogP contribution >= 0.6 is 0 Å². The van der Waals surface area contributed by atoms with E-state index >= 15 is 0 Å². The second-order valence-corrected chi connectivity index (χ2v) is 2.54. The number of hydrogen-bond donors (Lipinski definition) is 0. The van der Waals surface area contributed by atoms with Crippen LogP contribution in [0.3, 0.4) is 0 Å². The van der Waals surface area contributed by atoms with E-state index in [9.17, 15) is 26.3 Å². The van der Waals surface area contributed by atoms with Gasteiger partial charge < -0.3 is 0 Å². The topological polar surface area (TPSA) is 6.48 Å². The van der Waals surface area contributed by atoms with Crippen LogP contribution in [0.1, 0.15) is 6.42 Å². The van der Waals surface area contributed by atoms with Crippen molar-refractivity contribution in [3.05, 3.63) is 0 Å². The van der Waals surface area contributed by atoms with Crippen LogP contribution in [0.2, 0.25) is 0 Å². The van der Waals surface area contributed by atoms with Gasteiger partial charge in [-0.3, -0.25) is 0 Å². The van der Waals surface area contributed by atoms with Crippen molar-refractivity contribution in [2.75, 3.05) is 13.1 Å². The van der Waals surface area contributed by atoms with Crippen LogP contribution in [-0.2, 0) is 0 Å². The lowest BCUT2D eigenvalue weighted by atomic mass is 10.5. The van der Waals surface area contributed by atoms with Gasteiger partial charge in [0.2, 0.25) is 0 Å². The molecule has 1 fully saturated rings. The van der Waals surface area contributed by atoms with Crippen LogP contribution in [0.15, 0.2) is 0 Å². The van der Waals surface area contributed by atoms with E-state index in [4.69, 9.17) is 0 Å². The predicted octanol–water partition coefficient (Wildman–Crippen LogP) is 1.95. The van der Waals surface area contributed by atoms with E-state index in [-0.39, 0.29) is 6.42 Å². The van der Waals surface area contributed by atoms with Gasteiger partial charge in [-0.15, -0.1) is 10.0 Å². The summed E-state index contributed by atoms with van der Waals surface area (Å²) < 4.78 is 71.6. The van der Waals surface area contributed by atoms with Gasteiger partial charge in [0, 0.05) is 13.1 Å². The van der Waals surface area contributed by atoms with Gasteiger partial charge in [0.15, 0.2) is 0 Å². The van der Waals surface area contributed by atoms with E-state index in [1.165, 1.54) is 0 Å². The minimum atomic E-state index is -4.95. The second-order valence-electron chi connectivity index (χ2n) is 2.54. The molecule has 0 bridgehead atoms. The third-order valence-corrected chi connectivity index (χ3v) is 1.62. The molecule has 0 atom stereocenters. The lowest BCUT2D eigenvalue weighted by Crippen LogP contribution is -2.52. The van der Waals surface area contributed by atoms with Crippen molar-refractivity contribution < 1.29 is 26.3 Å². The van der Waals surface area contributed by atoms with Crippen molar-refractivity contribution in [1.82, 2.24) is 10.0 Å². The molecule has 0 aliphatic carbocycles. The average Bonchev–Trinajstić information content (AvgIpc) is 2.27. The van der Waals surface area contributed by atoms with Gasteiger partial charge in [0.25, 0.3) is 0 Å². The minimum Gasteiger partial charge on any atom is -0.154 e. The Morgan fingerprint density at radius 2 is 1.00 bits per heavy atom. The molecule has 0 unspecified atom stereocenters.